The fourth-order valence-electron chi connectivity index (χ4n) is 5.50. The standard InChI is InChI=1S/C31H50N8O4/c1-22-2-4-24(5-3-22)21-34-29-37-30(39-31(38-29)36-26-10-12-27(40)13-11-26)35-25-8-6-23(7-9-25)20-28(41)33-15-17-43-19-18-42-16-14-32/h6-9,22,24,26-27,40H,2-5,10-21,32H2,1H3,(H,33,41)(H3,34,35,36,37,38,39). The van der Waals surface area contributed by atoms with Crippen LogP contribution in [0.15, 0.2) is 24.3 Å². The highest BCUT2D eigenvalue weighted by atomic mass is 16.5. The number of aliphatic hydroxyl groups is 1. The average Bonchev–Trinajstić information content (AvgIpc) is 3.00. The number of nitrogens with one attached hydrogen (secondary N) is 4. The molecule has 0 bridgehead atoms. The van der Waals surface area contributed by atoms with E-state index in [0.29, 0.717) is 63.3 Å². The molecule has 2 fully saturated rings. The van der Waals surface area contributed by atoms with Gasteiger partial charge in [-0.3, -0.25) is 4.79 Å². The number of nitrogens with two attached hydrogens (primary N) is 1. The number of rotatable bonds is 17. The normalized spacial score (nSPS) is 22.1. The van der Waals surface area contributed by atoms with E-state index in [1.165, 1.54) is 25.7 Å². The topological polar surface area (TPSA) is 169 Å². The molecule has 12 nitrogen and oxygen atoms in total. The molecule has 238 valence electrons. The molecule has 0 saturated heterocycles. The molecule has 1 amide bonds. The molecular formula is C31H50N8O4. The zero-order valence-electron chi connectivity index (χ0n) is 25.5. The third-order valence-corrected chi connectivity index (χ3v) is 8.13. The highest BCUT2D eigenvalue weighted by molar-refractivity contribution is 5.78. The Morgan fingerprint density at radius 3 is 2.28 bits per heavy atom. The van der Waals surface area contributed by atoms with E-state index in [1.54, 1.807) is 0 Å². The Kier molecular flexibility index (Phi) is 13.7. The Balaban J connectivity index is 1.29. The van der Waals surface area contributed by atoms with E-state index < -0.39 is 0 Å². The van der Waals surface area contributed by atoms with E-state index in [-0.39, 0.29) is 24.5 Å². The first-order valence-electron chi connectivity index (χ1n) is 15.9. The van der Waals surface area contributed by atoms with Crippen molar-refractivity contribution in [2.24, 2.45) is 17.6 Å². The first-order chi connectivity index (χ1) is 21.0. The van der Waals surface area contributed by atoms with Crippen molar-refractivity contribution >= 4 is 29.4 Å². The number of ether oxygens (including phenoxy) is 2. The van der Waals surface area contributed by atoms with Gasteiger partial charge in [-0.1, -0.05) is 31.9 Å². The first-order valence-corrected chi connectivity index (χ1v) is 15.9. The van der Waals surface area contributed by atoms with Crippen LogP contribution in [-0.2, 0) is 20.7 Å². The van der Waals surface area contributed by atoms with Gasteiger partial charge < -0.3 is 41.6 Å². The second-order valence-corrected chi connectivity index (χ2v) is 11.8. The van der Waals surface area contributed by atoms with Crippen LogP contribution in [0.1, 0.15) is 63.9 Å². The summed E-state index contributed by atoms with van der Waals surface area (Å²) in [5.41, 5.74) is 7.10. The van der Waals surface area contributed by atoms with Gasteiger partial charge in [0.05, 0.1) is 39.0 Å². The van der Waals surface area contributed by atoms with Crippen LogP contribution in [0.3, 0.4) is 0 Å². The maximum atomic E-state index is 12.3. The van der Waals surface area contributed by atoms with Gasteiger partial charge in [0.2, 0.25) is 23.8 Å². The number of aliphatic hydroxyl groups excluding tert-OH is 1. The fraction of sp³-hybridized carbons (Fsp3) is 0.677. The van der Waals surface area contributed by atoms with E-state index >= 15 is 0 Å². The molecule has 2 aliphatic carbocycles. The van der Waals surface area contributed by atoms with Gasteiger partial charge in [0.25, 0.3) is 0 Å². The molecule has 4 rings (SSSR count). The number of amides is 1. The summed E-state index contributed by atoms with van der Waals surface area (Å²) in [6.07, 6.45) is 8.38. The molecule has 2 aliphatic rings. The van der Waals surface area contributed by atoms with Crippen LogP contribution in [0.2, 0.25) is 0 Å². The Hall–Kier alpha value is -3.06. The summed E-state index contributed by atoms with van der Waals surface area (Å²) in [6, 6.07) is 7.90. The van der Waals surface area contributed by atoms with Crippen LogP contribution in [0.4, 0.5) is 23.5 Å². The van der Waals surface area contributed by atoms with E-state index in [1.807, 2.05) is 24.3 Å². The lowest BCUT2D eigenvalue weighted by molar-refractivity contribution is -0.120. The van der Waals surface area contributed by atoms with Crippen molar-refractivity contribution < 1.29 is 19.4 Å². The molecule has 0 aliphatic heterocycles. The molecule has 0 radical (unpaired) electrons. The number of anilines is 4. The van der Waals surface area contributed by atoms with Crippen molar-refractivity contribution in [2.45, 2.75) is 76.9 Å². The summed E-state index contributed by atoms with van der Waals surface area (Å²) in [6.45, 7) is 6.05. The maximum absolute atomic E-state index is 12.3. The minimum atomic E-state index is -0.218. The summed E-state index contributed by atoms with van der Waals surface area (Å²) < 4.78 is 10.7. The third-order valence-electron chi connectivity index (χ3n) is 8.13. The number of benzene rings is 1. The van der Waals surface area contributed by atoms with Gasteiger partial charge in [-0.15, -0.1) is 0 Å². The molecular weight excluding hydrogens is 548 g/mol. The largest absolute Gasteiger partial charge is 0.393 e. The summed E-state index contributed by atoms with van der Waals surface area (Å²) in [4.78, 5) is 26.3. The van der Waals surface area contributed by atoms with Crippen LogP contribution in [0.25, 0.3) is 0 Å². The lowest BCUT2D eigenvalue weighted by Gasteiger charge is -2.27. The van der Waals surface area contributed by atoms with Gasteiger partial charge >= 0.3 is 0 Å². The van der Waals surface area contributed by atoms with Crippen molar-refractivity contribution in [1.29, 1.82) is 0 Å². The van der Waals surface area contributed by atoms with Gasteiger partial charge in [0.1, 0.15) is 0 Å². The zero-order valence-corrected chi connectivity index (χ0v) is 25.5. The lowest BCUT2D eigenvalue weighted by atomic mass is 9.83. The molecule has 0 atom stereocenters. The summed E-state index contributed by atoms with van der Waals surface area (Å²) in [7, 11) is 0. The number of nitrogens with zero attached hydrogens (tertiary/aromatic N) is 3. The van der Waals surface area contributed by atoms with Crippen molar-refractivity contribution in [3.05, 3.63) is 29.8 Å². The van der Waals surface area contributed by atoms with Gasteiger partial charge in [0.15, 0.2) is 0 Å². The zero-order chi connectivity index (χ0) is 30.3. The molecule has 0 unspecified atom stereocenters. The van der Waals surface area contributed by atoms with Crippen molar-refractivity contribution in [2.75, 3.05) is 62.0 Å². The number of carbonyl (C=O) groups excluding carboxylic acids is 1. The Bertz CT molecular complexity index is 1090. The number of aromatic nitrogens is 3. The molecule has 1 aromatic heterocycles. The van der Waals surface area contributed by atoms with Crippen molar-refractivity contribution in [1.82, 2.24) is 20.3 Å². The van der Waals surface area contributed by atoms with Gasteiger partial charge in [0, 0.05) is 31.4 Å². The van der Waals surface area contributed by atoms with Crippen LogP contribution in [-0.4, -0.2) is 84.2 Å². The minimum absolute atomic E-state index is 0.0600. The van der Waals surface area contributed by atoms with Crippen LogP contribution < -0.4 is 27.0 Å². The Labute approximate surface area is 255 Å². The molecule has 43 heavy (non-hydrogen) atoms. The average molecular weight is 599 g/mol. The first kappa shape index (κ1) is 32.8. The van der Waals surface area contributed by atoms with Crippen LogP contribution in [0, 0.1) is 11.8 Å². The van der Waals surface area contributed by atoms with E-state index in [2.05, 4.69) is 43.1 Å². The van der Waals surface area contributed by atoms with E-state index in [4.69, 9.17) is 15.2 Å². The molecule has 2 aromatic rings. The second kappa shape index (κ2) is 17.9. The Morgan fingerprint density at radius 2 is 1.56 bits per heavy atom. The quantitative estimate of drug-likeness (QED) is 0.148. The molecule has 2 saturated carbocycles. The third kappa shape index (κ3) is 12.2. The summed E-state index contributed by atoms with van der Waals surface area (Å²) in [5, 5.41) is 23.0. The SMILES string of the molecule is CC1CCC(CNc2nc(Nc3ccc(CC(=O)NCCOCCOCCN)cc3)nc(NC3CCC(O)CC3)n2)CC1. The van der Waals surface area contributed by atoms with Gasteiger partial charge in [-0.2, -0.15) is 15.0 Å². The minimum Gasteiger partial charge on any atom is -0.393 e. The fourth-order valence-corrected chi connectivity index (χ4v) is 5.50. The number of carbonyl (C=O) groups is 1. The second-order valence-electron chi connectivity index (χ2n) is 11.8. The summed E-state index contributed by atoms with van der Waals surface area (Å²) in [5.74, 6) is 2.90. The maximum Gasteiger partial charge on any atom is 0.233 e. The molecule has 1 aromatic carbocycles. The van der Waals surface area contributed by atoms with Gasteiger partial charge in [-0.25, -0.2) is 0 Å². The Morgan fingerprint density at radius 1 is 0.884 bits per heavy atom. The van der Waals surface area contributed by atoms with Crippen molar-refractivity contribution in [3.8, 4) is 0 Å². The van der Waals surface area contributed by atoms with E-state index in [0.717, 1.165) is 49.4 Å². The predicted octanol–water partition coefficient (Wildman–Crippen LogP) is 3.22. The van der Waals surface area contributed by atoms with E-state index in [9.17, 15) is 9.90 Å². The smallest absolute Gasteiger partial charge is 0.233 e. The number of hydrogen-bond donors (Lipinski definition) is 6. The molecule has 1 heterocycles. The highest BCUT2D eigenvalue weighted by Crippen LogP contribution is 2.28. The lowest BCUT2D eigenvalue weighted by Crippen LogP contribution is -2.29. The molecule has 7 N–H and O–H groups in total. The monoisotopic (exact) mass is 598 g/mol. The van der Waals surface area contributed by atoms with Crippen molar-refractivity contribution in [3.63, 3.8) is 0 Å². The van der Waals surface area contributed by atoms with Crippen LogP contribution in [0.5, 0.6) is 0 Å². The van der Waals surface area contributed by atoms with Gasteiger partial charge in [-0.05, 0) is 68.1 Å². The number of hydrogen-bond acceptors (Lipinski definition) is 11. The predicted molar refractivity (Wildman–Crippen MR) is 168 cm³/mol. The van der Waals surface area contributed by atoms with Crippen LogP contribution >= 0.6 is 0 Å². The highest BCUT2D eigenvalue weighted by Gasteiger charge is 2.21. The molecule has 12 heteroatoms. The summed E-state index contributed by atoms with van der Waals surface area (Å²) >= 11 is 0. The molecule has 0 spiro atoms.